The first-order chi connectivity index (χ1) is 12.6. The number of H-pyrrole nitrogens is 1. The van der Waals surface area contributed by atoms with Gasteiger partial charge < -0.3 is 20.2 Å². The Bertz CT molecular complexity index is 803. The number of imidazole rings is 1. The third-order valence-corrected chi connectivity index (χ3v) is 5.32. The standard InChI is InChI=1S/C20H27N3O2S/c1-15(16(2)19(10-11-21)25-13-7-12-24-3)14-26(4)20-22-17-8-5-6-9-18(17)23-20/h5-6,8-11H,1,4,7,12-14,21H2,2-3H3,(H,22,23)/b11-10-,19-16+. The Morgan fingerprint density at radius 3 is 2.81 bits per heavy atom. The highest BCUT2D eigenvalue weighted by Crippen LogP contribution is 2.29. The van der Waals surface area contributed by atoms with Gasteiger partial charge in [-0.25, -0.2) is 4.98 Å². The molecule has 0 spiro atoms. The maximum atomic E-state index is 5.83. The molecule has 1 unspecified atom stereocenters. The Kier molecular flexibility index (Phi) is 7.69. The van der Waals surface area contributed by atoms with Crippen LogP contribution >= 0.6 is 10.5 Å². The highest BCUT2D eigenvalue weighted by atomic mass is 32.2. The van der Waals surface area contributed by atoms with Crippen LogP contribution in [0.3, 0.4) is 0 Å². The van der Waals surface area contributed by atoms with Crippen molar-refractivity contribution in [1.82, 2.24) is 9.97 Å². The number of nitrogens with zero attached hydrogens (tertiary/aromatic N) is 1. The molecule has 1 aromatic heterocycles. The lowest BCUT2D eigenvalue weighted by atomic mass is 10.1. The molecule has 0 radical (unpaired) electrons. The summed E-state index contributed by atoms with van der Waals surface area (Å²) in [6.07, 6.45) is 4.05. The Hall–Kier alpha value is -2.31. The maximum absolute atomic E-state index is 5.83. The summed E-state index contributed by atoms with van der Waals surface area (Å²) >= 11 is 0. The van der Waals surface area contributed by atoms with E-state index in [1.165, 1.54) is 6.20 Å². The molecule has 0 saturated carbocycles. The number of aromatic amines is 1. The fourth-order valence-corrected chi connectivity index (χ4v) is 3.64. The van der Waals surface area contributed by atoms with Crippen molar-refractivity contribution < 1.29 is 9.47 Å². The molecule has 26 heavy (non-hydrogen) atoms. The molecule has 0 amide bonds. The summed E-state index contributed by atoms with van der Waals surface area (Å²) in [5, 5.41) is 0.886. The molecule has 0 bridgehead atoms. The van der Waals surface area contributed by atoms with E-state index in [2.05, 4.69) is 22.4 Å². The van der Waals surface area contributed by atoms with Crippen LogP contribution in [0.1, 0.15) is 13.3 Å². The van der Waals surface area contributed by atoms with Crippen LogP contribution in [0.25, 0.3) is 11.0 Å². The number of para-hydroxylation sites is 2. The summed E-state index contributed by atoms with van der Waals surface area (Å²) in [6.45, 7) is 7.43. The normalized spacial score (nSPS) is 13.8. The Labute approximate surface area is 157 Å². The van der Waals surface area contributed by atoms with Gasteiger partial charge in [0.15, 0.2) is 5.16 Å². The molecular formula is C20H27N3O2S. The second kappa shape index (κ2) is 9.99. The van der Waals surface area contributed by atoms with Crippen molar-refractivity contribution >= 4 is 27.4 Å². The van der Waals surface area contributed by atoms with Gasteiger partial charge in [0.2, 0.25) is 0 Å². The molecule has 0 fully saturated rings. The van der Waals surface area contributed by atoms with Gasteiger partial charge in [0.25, 0.3) is 0 Å². The monoisotopic (exact) mass is 373 g/mol. The van der Waals surface area contributed by atoms with Gasteiger partial charge in [-0.3, -0.25) is 0 Å². The SMILES string of the molecule is C=C(CS(=C)c1nc2ccccc2[nH]1)/C(C)=C(\C=C/N)OCCCOC. The number of nitrogens with one attached hydrogen (secondary N) is 1. The Balaban J connectivity index is 2.08. The zero-order valence-corrected chi connectivity index (χ0v) is 16.3. The number of nitrogens with two attached hydrogens (primary N) is 1. The lowest BCUT2D eigenvalue weighted by Crippen LogP contribution is -2.02. The number of methoxy groups -OCH3 is 1. The van der Waals surface area contributed by atoms with E-state index in [1.54, 1.807) is 13.2 Å². The highest BCUT2D eigenvalue weighted by Gasteiger charge is 2.10. The summed E-state index contributed by atoms with van der Waals surface area (Å²) in [6, 6.07) is 7.97. The quantitative estimate of drug-likeness (QED) is 0.286. The van der Waals surface area contributed by atoms with E-state index < -0.39 is 0 Å². The Morgan fingerprint density at radius 1 is 1.35 bits per heavy atom. The topological polar surface area (TPSA) is 73.2 Å². The van der Waals surface area contributed by atoms with Gasteiger partial charge in [-0.2, -0.15) is 0 Å². The largest absolute Gasteiger partial charge is 0.493 e. The predicted molar refractivity (Wildman–Crippen MR) is 112 cm³/mol. The van der Waals surface area contributed by atoms with Crippen LogP contribution in [0.5, 0.6) is 0 Å². The zero-order valence-electron chi connectivity index (χ0n) is 15.5. The number of ether oxygens (including phenoxy) is 2. The van der Waals surface area contributed by atoms with Gasteiger partial charge in [0.1, 0.15) is 5.76 Å². The number of fused-ring (bicyclic) bond motifs is 1. The molecular weight excluding hydrogens is 346 g/mol. The van der Waals surface area contributed by atoms with Crippen molar-refractivity contribution in [3.05, 3.63) is 60.0 Å². The summed E-state index contributed by atoms with van der Waals surface area (Å²) < 4.78 is 10.9. The number of benzene rings is 1. The van der Waals surface area contributed by atoms with Crippen molar-refractivity contribution in [2.45, 2.75) is 18.5 Å². The van der Waals surface area contributed by atoms with Crippen molar-refractivity contribution in [2.75, 3.05) is 26.1 Å². The fourth-order valence-electron chi connectivity index (χ4n) is 2.38. The minimum atomic E-state index is -0.327. The van der Waals surface area contributed by atoms with Gasteiger partial charge in [-0.05, 0) is 42.5 Å². The molecule has 5 nitrogen and oxygen atoms in total. The van der Waals surface area contributed by atoms with Crippen LogP contribution in [0, 0.1) is 0 Å². The molecule has 0 aliphatic heterocycles. The summed E-state index contributed by atoms with van der Waals surface area (Å²) in [4.78, 5) is 7.98. The molecule has 0 saturated heterocycles. The van der Waals surface area contributed by atoms with E-state index in [4.69, 9.17) is 15.2 Å². The van der Waals surface area contributed by atoms with E-state index in [0.29, 0.717) is 19.0 Å². The number of rotatable bonds is 10. The first-order valence-corrected chi connectivity index (χ1v) is 9.97. The summed E-state index contributed by atoms with van der Waals surface area (Å²) in [5.74, 6) is 5.70. The Morgan fingerprint density at radius 2 is 2.12 bits per heavy atom. The number of hydrogen-bond donors (Lipinski definition) is 2. The minimum absolute atomic E-state index is 0.327. The molecule has 6 heteroatoms. The van der Waals surface area contributed by atoms with E-state index in [1.807, 2.05) is 31.2 Å². The second-order valence-corrected chi connectivity index (χ2v) is 7.50. The number of aromatic nitrogens is 2. The van der Waals surface area contributed by atoms with E-state index in [-0.39, 0.29) is 10.5 Å². The van der Waals surface area contributed by atoms with Crippen molar-refractivity contribution in [2.24, 2.45) is 5.73 Å². The van der Waals surface area contributed by atoms with Crippen LogP contribution in [0.2, 0.25) is 0 Å². The third kappa shape index (κ3) is 5.34. The van der Waals surface area contributed by atoms with Gasteiger partial charge in [-0.1, -0.05) is 24.6 Å². The van der Waals surface area contributed by atoms with Gasteiger partial charge in [-0.15, -0.1) is 10.5 Å². The smallest absolute Gasteiger partial charge is 0.160 e. The number of allylic oxidation sites excluding steroid dienone is 2. The molecule has 3 N–H and O–H groups in total. The predicted octanol–water partition coefficient (Wildman–Crippen LogP) is 3.98. The first kappa shape index (κ1) is 20.0. The molecule has 1 heterocycles. The van der Waals surface area contributed by atoms with Crippen LogP contribution in [0.15, 0.2) is 65.2 Å². The summed E-state index contributed by atoms with van der Waals surface area (Å²) in [7, 11) is 1.35. The van der Waals surface area contributed by atoms with Crippen molar-refractivity contribution in [3.63, 3.8) is 0 Å². The van der Waals surface area contributed by atoms with E-state index in [9.17, 15) is 0 Å². The van der Waals surface area contributed by atoms with Crippen LogP contribution in [0.4, 0.5) is 0 Å². The van der Waals surface area contributed by atoms with Gasteiger partial charge in [0, 0.05) is 25.9 Å². The summed E-state index contributed by atoms with van der Waals surface area (Å²) in [5.41, 5.74) is 9.47. The molecule has 2 aromatic rings. The molecule has 0 aliphatic carbocycles. The lowest BCUT2D eigenvalue weighted by molar-refractivity contribution is 0.148. The number of hydrogen-bond acceptors (Lipinski definition) is 4. The average Bonchev–Trinajstić information content (AvgIpc) is 3.08. The van der Waals surface area contributed by atoms with Crippen molar-refractivity contribution in [1.29, 1.82) is 0 Å². The van der Waals surface area contributed by atoms with E-state index >= 15 is 0 Å². The molecule has 0 aliphatic rings. The van der Waals surface area contributed by atoms with Crippen molar-refractivity contribution in [3.8, 4) is 0 Å². The van der Waals surface area contributed by atoms with E-state index in [0.717, 1.165) is 39.5 Å². The fraction of sp³-hybridized carbons (Fsp3) is 0.300. The van der Waals surface area contributed by atoms with Gasteiger partial charge in [0.05, 0.1) is 17.6 Å². The third-order valence-electron chi connectivity index (χ3n) is 3.89. The minimum Gasteiger partial charge on any atom is -0.493 e. The van der Waals surface area contributed by atoms with Crippen LogP contribution < -0.4 is 5.73 Å². The lowest BCUT2D eigenvalue weighted by Gasteiger charge is -2.14. The maximum Gasteiger partial charge on any atom is 0.160 e. The highest BCUT2D eigenvalue weighted by molar-refractivity contribution is 8.14. The zero-order chi connectivity index (χ0) is 18.9. The second-order valence-electron chi connectivity index (χ2n) is 5.84. The molecule has 2 rings (SSSR count). The average molecular weight is 374 g/mol. The van der Waals surface area contributed by atoms with Crippen LogP contribution in [-0.4, -0.2) is 41.9 Å². The first-order valence-electron chi connectivity index (χ1n) is 8.41. The molecule has 140 valence electrons. The van der Waals surface area contributed by atoms with Gasteiger partial charge >= 0.3 is 0 Å². The molecule has 1 atom stereocenters. The van der Waals surface area contributed by atoms with Crippen LogP contribution in [-0.2, 0) is 9.47 Å². The molecule has 1 aromatic carbocycles.